The molecule has 0 amide bonds. The molecule has 1 aliphatic carbocycles. The molecule has 0 bridgehead atoms. The van der Waals surface area contributed by atoms with Crippen LogP contribution in [0.1, 0.15) is 6.42 Å². The minimum Gasteiger partial charge on any atom is -0.0616 e. The zero-order valence-corrected chi connectivity index (χ0v) is 13.6. The Morgan fingerprint density at radius 2 is 1.09 bits per heavy atom. The maximum atomic E-state index is 9.87. The maximum absolute atomic E-state index is 10.7. The second-order valence-corrected chi connectivity index (χ2v) is 7.16. The molecule has 0 fully saturated rings. The average molecular weight is 394 g/mol. The topological polar surface area (TPSA) is 0 Å². The van der Waals surface area contributed by atoms with Crippen molar-refractivity contribution in [3.8, 4) is 0 Å². The van der Waals surface area contributed by atoms with Gasteiger partial charge < -0.3 is 0 Å². The van der Waals surface area contributed by atoms with Gasteiger partial charge in [0.05, 0.1) is 0 Å². The normalized spacial score (nSPS) is 16.2. The van der Waals surface area contributed by atoms with Crippen LogP contribution >= 0.6 is 7.81 Å². The number of halogens is 6. The van der Waals surface area contributed by atoms with E-state index in [1.54, 1.807) is 0 Å². The standard InChI is InChI=1S/C10H8.C5H5.F6P.Fe/c1-2-6-10-8-4-3-7-9(10)5-1;1-2-4-5-3-1;1-7(2,3,4,5)6;/h1-8H;1-3H,4H2;;/q;;-1;+1. The van der Waals surface area contributed by atoms with Crippen LogP contribution < -0.4 is 0 Å². The van der Waals surface area contributed by atoms with Gasteiger partial charge in [-0.15, -0.1) is 0 Å². The molecular weight excluding hydrogens is 381 g/mol. The SMILES string of the molecule is F[P-](F)(F)(F)(F)F.[Fe+][C]1=CC=CC1.c1ccc2ccccc2c1. The summed E-state index contributed by atoms with van der Waals surface area (Å²) < 4.78 is 60.4. The molecule has 0 aromatic heterocycles. The Kier molecular flexibility index (Phi) is 5.74. The van der Waals surface area contributed by atoms with Crippen molar-refractivity contribution in [2.75, 3.05) is 0 Å². The molecule has 0 heterocycles. The molecule has 0 N–H and O–H groups in total. The number of benzene rings is 2. The predicted molar refractivity (Wildman–Crippen MR) is 79.4 cm³/mol. The van der Waals surface area contributed by atoms with Crippen LogP contribution in [0.5, 0.6) is 0 Å². The van der Waals surface area contributed by atoms with Crippen molar-refractivity contribution < 1.29 is 41.2 Å². The number of hydrogen-bond acceptors (Lipinski definition) is 0. The quantitative estimate of drug-likeness (QED) is 0.245. The minimum atomic E-state index is -10.7. The van der Waals surface area contributed by atoms with Crippen molar-refractivity contribution in [1.82, 2.24) is 0 Å². The van der Waals surface area contributed by atoms with Gasteiger partial charge >= 0.3 is 78.1 Å². The molecule has 0 saturated carbocycles. The smallest absolute Gasteiger partial charge is 0.0184 e. The number of fused-ring (bicyclic) bond motifs is 1. The van der Waals surface area contributed by atoms with Crippen molar-refractivity contribution >= 4 is 18.6 Å². The van der Waals surface area contributed by atoms with Gasteiger partial charge in [0.25, 0.3) is 0 Å². The van der Waals surface area contributed by atoms with Crippen molar-refractivity contribution in [3.05, 3.63) is 71.2 Å². The first-order valence-electron chi connectivity index (χ1n) is 6.31. The van der Waals surface area contributed by atoms with Crippen LogP contribution in [0.2, 0.25) is 0 Å². The second-order valence-electron chi connectivity index (χ2n) is 4.54. The van der Waals surface area contributed by atoms with E-state index in [-0.39, 0.29) is 0 Å². The fourth-order valence-electron chi connectivity index (χ4n) is 1.55. The van der Waals surface area contributed by atoms with Crippen LogP contribution in [-0.4, -0.2) is 0 Å². The number of allylic oxidation sites excluding steroid dienone is 4. The molecule has 8 heteroatoms. The van der Waals surface area contributed by atoms with Gasteiger partial charge in [-0.3, -0.25) is 0 Å². The van der Waals surface area contributed by atoms with Crippen LogP contribution in [0, 0.1) is 0 Å². The largest absolute Gasteiger partial charge is 0.0616 e. The Hall–Kier alpha value is -1.29. The zero-order valence-electron chi connectivity index (χ0n) is 11.6. The van der Waals surface area contributed by atoms with Crippen LogP contribution in [0.25, 0.3) is 10.8 Å². The van der Waals surface area contributed by atoms with E-state index in [1.807, 2.05) is 12.2 Å². The van der Waals surface area contributed by atoms with Gasteiger partial charge in [0.1, 0.15) is 0 Å². The summed E-state index contributed by atoms with van der Waals surface area (Å²) in [5.74, 6) is 0. The Balaban J connectivity index is 0.000000181. The molecule has 128 valence electrons. The molecule has 23 heavy (non-hydrogen) atoms. The van der Waals surface area contributed by atoms with E-state index in [0.29, 0.717) is 0 Å². The first-order chi connectivity index (χ1) is 10.3. The summed E-state index contributed by atoms with van der Waals surface area (Å²) in [5, 5.41) is 2.62. The fourth-order valence-corrected chi connectivity index (χ4v) is 1.79. The third-order valence-electron chi connectivity index (χ3n) is 2.38. The Morgan fingerprint density at radius 1 is 0.739 bits per heavy atom. The first kappa shape index (κ1) is 19.8. The first-order valence-corrected chi connectivity index (χ1v) is 8.89. The van der Waals surface area contributed by atoms with Crippen LogP contribution in [0.4, 0.5) is 25.2 Å². The van der Waals surface area contributed by atoms with Gasteiger partial charge in [-0.05, 0) is 10.8 Å². The van der Waals surface area contributed by atoms with Gasteiger partial charge in [0, 0.05) is 0 Å². The van der Waals surface area contributed by atoms with Crippen molar-refractivity contribution in [3.63, 3.8) is 0 Å². The third kappa shape index (κ3) is 12.9. The van der Waals surface area contributed by atoms with E-state index < -0.39 is 7.81 Å². The summed E-state index contributed by atoms with van der Waals surface area (Å²) in [6.07, 6.45) is 7.21. The summed E-state index contributed by atoms with van der Waals surface area (Å²) in [6, 6.07) is 16.7. The van der Waals surface area contributed by atoms with Crippen molar-refractivity contribution in [2.45, 2.75) is 6.42 Å². The van der Waals surface area contributed by atoms with Crippen molar-refractivity contribution in [2.24, 2.45) is 0 Å². The van der Waals surface area contributed by atoms with E-state index in [2.05, 4.69) is 70.6 Å². The van der Waals surface area contributed by atoms with E-state index in [1.165, 1.54) is 15.2 Å². The molecule has 0 saturated heterocycles. The molecular formula is C15H13F6FeP. The molecule has 3 rings (SSSR count). The molecule has 1 aliphatic rings. The van der Waals surface area contributed by atoms with Crippen LogP contribution in [0.3, 0.4) is 0 Å². The summed E-state index contributed by atoms with van der Waals surface area (Å²) in [4.78, 5) is 0. The van der Waals surface area contributed by atoms with Crippen molar-refractivity contribution in [1.29, 1.82) is 0 Å². The number of rotatable bonds is 0. The van der Waals surface area contributed by atoms with Crippen LogP contribution in [-0.2, 0) is 16.0 Å². The second kappa shape index (κ2) is 6.68. The monoisotopic (exact) mass is 394 g/mol. The van der Waals surface area contributed by atoms with Crippen LogP contribution in [0.15, 0.2) is 71.2 Å². The van der Waals surface area contributed by atoms with E-state index >= 15 is 0 Å². The summed E-state index contributed by atoms with van der Waals surface area (Å²) in [6.45, 7) is 0. The molecule has 0 aliphatic heterocycles. The van der Waals surface area contributed by atoms with Gasteiger partial charge in [0.2, 0.25) is 0 Å². The van der Waals surface area contributed by atoms with E-state index in [9.17, 15) is 25.2 Å². The van der Waals surface area contributed by atoms with Gasteiger partial charge in [-0.1, -0.05) is 48.5 Å². The molecule has 0 spiro atoms. The fraction of sp³-hybridized carbons (Fsp3) is 0.0667. The van der Waals surface area contributed by atoms with E-state index in [4.69, 9.17) is 0 Å². The summed E-state index contributed by atoms with van der Waals surface area (Å²) >= 11 is 3.74. The summed E-state index contributed by atoms with van der Waals surface area (Å²) in [7, 11) is -10.7. The molecule has 2 aromatic carbocycles. The Labute approximate surface area is 137 Å². The van der Waals surface area contributed by atoms with Gasteiger partial charge in [0.15, 0.2) is 0 Å². The van der Waals surface area contributed by atoms with E-state index in [0.717, 1.165) is 6.42 Å². The molecule has 0 nitrogen and oxygen atoms in total. The third-order valence-corrected chi connectivity index (χ3v) is 2.79. The average Bonchev–Trinajstić information content (AvgIpc) is 2.87. The van der Waals surface area contributed by atoms with Gasteiger partial charge in [-0.25, -0.2) is 0 Å². The Morgan fingerprint density at radius 3 is 1.26 bits per heavy atom. The Bertz CT molecular complexity index is 642. The summed E-state index contributed by atoms with van der Waals surface area (Å²) in [5.41, 5.74) is 0. The maximum Gasteiger partial charge on any atom is -0.0184 e. The minimum absolute atomic E-state index is 1.06. The molecule has 2 aromatic rings. The molecule has 0 atom stereocenters. The molecule has 0 unspecified atom stereocenters. The zero-order chi connectivity index (χ0) is 17.6. The molecule has 0 radical (unpaired) electrons. The van der Waals surface area contributed by atoms with Gasteiger partial charge in [-0.2, -0.15) is 0 Å². The predicted octanol–water partition coefficient (Wildman–Crippen LogP) is 7.60. The number of hydrogen-bond donors (Lipinski definition) is 0.